The smallest absolute Gasteiger partial charge is 0.0933 e. The fourth-order valence-electron chi connectivity index (χ4n) is 1.11. The van der Waals surface area contributed by atoms with Crippen molar-refractivity contribution in [2.24, 2.45) is 5.90 Å². The van der Waals surface area contributed by atoms with Crippen LogP contribution >= 0.6 is 11.6 Å². The Morgan fingerprint density at radius 1 is 1.31 bits per heavy atom. The molecule has 0 radical (unpaired) electrons. The van der Waals surface area contributed by atoms with E-state index in [0.717, 1.165) is 11.1 Å². The molecule has 0 saturated heterocycles. The van der Waals surface area contributed by atoms with E-state index in [4.69, 9.17) is 22.2 Å². The van der Waals surface area contributed by atoms with Crippen molar-refractivity contribution in [3.8, 4) is 0 Å². The van der Waals surface area contributed by atoms with Gasteiger partial charge in [-0.25, -0.2) is 5.90 Å². The van der Waals surface area contributed by atoms with E-state index in [1.165, 1.54) is 0 Å². The molecule has 0 heterocycles. The number of nitrogens with two attached hydrogens (primary N) is 1. The van der Waals surface area contributed by atoms with Crippen molar-refractivity contribution in [2.75, 3.05) is 7.11 Å². The van der Waals surface area contributed by atoms with Crippen LogP contribution in [0.3, 0.4) is 0 Å². The Bertz CT molecular complexity index is 278. The molecule has 3 nitrogen and oxygen atoms in total. The molecule has 0 atom stereocenters. The van der Waals surface area contributed by atoms with E-state index in [0.29, 0.717) is 18.2 Å². The first-order valence-corrected chi connectivity index (χ1v) is 4.23. The van der Waals surface area contributed by atoms with Crippen LogP contribution in [0.2, 0.25) is 5.02 Å². The van der Waals surface area contributed by atoms with Crippen LogP contribution in [0.25, 0.3) is 0 Å². The molecule has 2 N–H and O–H groups in total. The SMILES string of the molecule is COCc1cc(Cl)ccc1CON. The largest absolute Gasteiger partial charge is 0.380 e. The molecule has 0 fully saturated rings. The molecular formula is C9H12ClNO2. The summed E-state index contributed by atoms with van der Waals surface area (Å²) in [5.74, 6) is 4.99. The van der Waals surface area contributed by atoms with Gasteiger partial charge in [0.15, 0.2) is 0 Å². The molecule has 13 heavy (non-hydrogen) atoms. The number of hydrogen-bond acceptors (Lipinski definition) is 3. The second-order valence-electron chi connectivity index (χ2n) is 2.66. The summed E-state index contributed by atoms with van der Waals surface area (Å²) in [6.07, 6.45) is 0. The highest BCUT2D eigenvalue weighted by Gasteiger charge is 2.02. The fourth-order valence-corrected chi connectivity index (χ4v) is 1.31. The van der Waals surface area contributed by atoms with E-state index in [2.05, 4.69) is 4.84 Å². The average molecular weight is 202 g/mol. The second kappa shape index (κ2) is 5.19. The van der Waals surface area contributed by atoms with Gasteiger partial charge >= 0.3 is 0 Å². The normalized spacial score (nSPS) is 10.4. The van der Waals surface area contributed by atoms with E-state index in [-0.39, 0.29) is 0 Å². The quantitative estimate of drug-likeness (QED) is 0.757. The molecule has 0 aliphatic carbocycles. The summed E-state index contributed by atoms with van der Waals surface area (Å²) in [6.45, 7) is 0.884. The highest BCUT2D eigenvalue weighted by molar-refractivity contribution is 6.30. The van der Waals surface area contributed by atoms with Gasteiger partial charge in [0.25, 0.3) is 0 Å². The van der Waals surface area contributed by atoms with Crippen LogP contribution in [0, 0.1) is 0 Å². The van der Waals surface area contributed by atoms with Crippen molar-refractivity contribution in [3.63, 3.8) is 0 Å². The Morgan fingerprint density at radius 2 is 2.08 bits per heavy atom. The lowest BCUT2D eigenvalue weighted by Gasteiger charge is -2.07. The van der Waals surface area contributed by atoms with Gasteiger partial charge in [-0.2, -0.15) is 0 Å². The summed E-state index contributed by atoms with van der Waals surface area (Å²) < 4.78 is 5.01. The van der Waals surface area contributed by atoms with Gasteiger partial charge in [-0.15, -0.1) is 0 Å². The van der Waals surface area contributed by atoms with Crippen LogP contribution < -0.4 is 5.90 Å². The third-order valence-electron chi connectivity index (χ3n) is 1.71. The third-order valence-corrected chi connectivity index (χ3v) is 1.94. The Kier molecular flexibility index (Phi) is 4.18. The van der Waals surface area contributed by atoms with E-state index in [1.54, 1.807) is 13.2 Å². The van der Waals surface area contributed by atoms with Crippen LogP contribution in [0.5, 0.6) is 0 Å². The third kappa shape index (κ3) is 2.97. The standard InChI is InChI=1S/C9H12ClNO2/c1-12-5-8-4-9(10)3-2-7(8)6-13-11/h2-4H,5-6,11H2,1H3. The monoisotopic (exact) mass is 201 g/mol. The summed E-state index contributed by atoms with van der Waals surface area (Å²) >= 11 is 5.83. The molecule has 0 spiro atoms. The number of rotatable bonds is 4. The summed E-state index contributed by atoms with van der Waals surface area (Å²) in [4.78, 5) is 4.56. The Morgan fingerprint density at radius 3 is 2.69 bits per heavy atom. The molecule has 0 aromatic heterocycles. The Balaban J connectivity index is 2.89. The molecule has 1 aromatic carbocycles. The maximum absolute atomic E-state index is 5.83. The van der Waals surface area contributed by atoms with Crippen molar-refractivity contribution >= 4 is 11.6 Å². The number of methoxy groups -OCH3 is 1. The number of ether oxygens (including phenoxy) is 1. The van der Waals surface area contributed by atoms with Crippen molar-refractivity contribution in [3.05, 3.63) is 34.3 Å². The summed E-state index contributed by atoms with van der Waals surface area (Å²) in [7, 11) is 1.63. The van der Waals surface area contributed by atoms with E-state index >= 15 is 0 Å². The minimum atomic E-state index is 0.371. The van der Waals surface area contributed by atoms with Crippen LogP contribution in [-0.2, 0) is 22.8 Å². The number of hydrogen-bond donors (Lipinski definition) is 1. The van der Waals surface area contributed by atoms with Crippen LogP contribution in [0.4, 0.5) is 0 Å². The molecular weight excluding hydrogens is 190 g/mol. The zero-order valence-corrected chi connectivity index (χ0v) is 8.17. The summed E-state index contributed by atoms with van der Waals surface area (Å²) in [5.41, 5.74) is 1.99. The Hall–Kier alpha value is -0.610. The molecule has 0 amide bonds. The average Bonchev–Trinajstić information content (AvgIpc) is 2.10. The lowest BCUT2D eigenvalue weighted by molar-refractivity contribution is 0.120. The molecule has 1 rings (SSSR count). The number of benzene rings is 1. The first-order chi connectivity index (χ1) is 6.27. The molecule has 4 heteroatoms. The zero-order chi connectivity index (χ0) is 9.68. The fraction of sp³-hybridized carbons (Fsp3) is 0.333. The Labute approximate surface area is 82.4 Å². The molecule has 0 bridgehead atoms. The van der Waals surface area contributed by atoms with Gasteiger partial charge < -0.3 is 4.74 Å². The first kappa shape index (κ1) is 10.5. The first-order valence-electron chi connectivity index (χ1n) is 3.86. The van der Waals surface area contributed by atoms with Gasteiger partial charge in [0.2, 0.25) is 0 Å². The molecule has 72 valence electrons. The van der Waals surface area contributed by atoms with E-state index < -0.39 is 0 Å². The van der Waals surface area contributed by atoms with Crippen LogP contribution in [0.1, 0.15) is 11.1 Å². The van der Waals surface area contributed by atoms with Gasteiger partial charge in [0.1, 0.15) is 0 Å². The van der Waals surface area contributed by atoms with Crippen molar-refractivity contribution in [2.45, 2.75) is 13.2 Å². The van der Waals surface area contributed by atoms with Crippen molar-refractivity contribution < 1.29 is 9.57 Å². The highest BCUT2D eigenvalue weighted by atomic mass is 35.5. The van der Waals surface area contributed by atoms with Crippen molar-refractivity contribution in [1.82, 2.24) is 0 Å². The van der Waals surface area contributed by atoms with Gasteiger partial charge in [-0.1, -0.05) is 17.7 Å². The van der Waals surface area contributed by atoms with E-state index in [9.17, 15) is 0 Å². The summed E-state index contributed by atoms with van der Waals surface area (Å²) in [5, 5.41) is 0.688. The predicted molar refractivity (Wildman–Crippen MR) is 51.1 cm³/mol. The van der Waals surface area contributed by atoms with Gasteiger partial charge in [0.05, 0.1) is 13.2 Å². The molecule has 0 aliphatic rings. The number of halogens is 1. The lowest BCUT2D eigenvalue weighted by atomic mass is 10.1. The van der Waals surface area contributed by atoms with Crippen LogP contribution in [0.15, 0.2) is 18.2 Å². The minimum Gasteiger partial charge on any atom is -0.380 e. The maximum atomic E-state index is 5.83. The van der Waals surface area contributed by atoms with Gasteiger partial charge in [0, 0.05) is 12.1 Å². The zero-order valence-electron chi connectivity index (χ0n) is 7.42. The van der Waals surface area contributed by atoms with Gasteiger partial charge in [-0.05, 0) is 23.3 Å². The lowest BCUT2D eigenvalue weighted by Crippen LogP contribution is -2.03. The second-order valence-corrected chi connectivity index (χ2v) is 3.09. The van der Waals surface area contributed by atoms with Crippen LogP contribution in [-0.4, -0.2) is 7.11 Å². The topological polar surface area (TPSA) is 44.5 Å². The minimum absolute atomic E-state index is 0.371. The molecule has 0 aliphatic heterocycles. The van der Waals surface area contributed by atoms with E-state index in [1.807, 2.05) is 12.1 Å². The summed E-state index contributed by atoms with van der Waals surface area (Å²) in [6, 6.07) is 5.53. The molecule has 0 saturated carbocycles. The van der Waals surface area contributed by atoms with Crippen molar-refractivity contribution in [1.29, 1.82) is 0 Å². The molecule has 1 aromatic rings. The predicted octanol–water partition coefficient (Wildman–Crippen LogP) is 1.88. The highest BCUT2D eigenvalue weighted by Crippen LogP contribution is 2.17. The maximum Gasteiger partial charge on any atom is 0.0933 e. The van der Waals surface area contributed by atoms with Gasteiger partial charge in [-0.3, -0.25) is 4.84 Å². The molecule has 0 unspecified atom stereocenters.